The fourth-order valence-corrected chi connectivity index (χ4v) is 5.11. The predicted molar refractivity (Wildman–Crippen MR) is 126 cm³/mol. The molecule has 2 heterocycles. The molecular weight excluding hydrogens is 446 g/mol. The van der Waals surface area contributed by atoms with Gasteiger partial charge in [-0.2, -0.15) is 11.8 Å². The highest BCUT2D eigenvalue weighted by molar-refractivity contribution is 7.98. The summed E-state index contributed by atoms with van der Waals surface area (Å²) in [6, 6.07) is 0.781. The number of nitrogens with one attached hydrogen (secondary N) is 1. The molecule has 0 unspecified atom stereocenters. The van der Waals surface area contributed by atoms with Gasteiger partial charge in [-0.3, -0.25) is 4.79 Å². The van der Waals surface area contributed by atoms with Crippen molar-refractivity contribution in [2.75, 3.05) is 18.6 Å². The first kappa shape index (κ1) is 23.5. The maximum atomic E-state index is 12.7. The quantitative estimate of drug-likeness (QED) is 0.587. The van der Waals surface area contributed by atoms with E-state index in [-0.39, 0.29) is 23.6 Å². The molecule has 8 nitrogen and oxygen atoms in total. The minimum Gasteiger partial charge on any atom is -0.487 e. The third kappa shape index (κ3) is 4.83. The van der Waals surface area contributed by atoms with Crippen LogP contribution in [-0.2, 0) is 28.9 Å². The largest absolute Gasteiger partial charge is 0.487 e. The molecule has 2 aliphatic rings. The summed E-state index contributed by atoms with van der Waals surface area (Å²) in [4.78, 5) is 36.6. The molecule has 178 valence electrons. The summed E-state index contributed by atoms with van der Waals surface area (Å²) in [6.45, 7) is 3.63. The molecule has 1 atom stereocenters. The molecule has 1 aliphatic carbocycles. The number of benzene rings is 1. The fraction of sp³-hybridized carbons (Fsp3) is 0.542. The zero-order valence-electron chi connectivity index (χ0n) is 19.1. The van der Waals surface area contributed by atoms with Crippen molar-refractivity contribution in [3.8, 4) is 11.5 Å². The smallest absolute Gasteiger partial charge is 0.339 e. The summed E-state index contributed by atoms with van der Waals surface area (Å²) in [6.07, 6.45) is 6.54. The van der Waals surface area contributed by atoms with Crippen LogP contribution < -0.4 is 20.4 Å². The Kier molecular flexibility index (Phi) is 6.61. The van der Waals surface area contributed by atoms with E-state index in [0.29, 0.717) is 35.5 Å². The van der Waals surface area contributed by atoms with E-state index in [9.17, 15) is 19.5 Å². The number of carboxylic acids is 1. The average molecular weight is 476 g/mol. The van der Waals surface area contributed by atoms with E-state index in [1.165, 1.54) is 11.8 Å². The second-order valence-electron chi connectivity index (χ2n) is 9.17. The third-order valence-corrected chi connectivity index (χ3v) is 6.87. The van der Waals surface area contributed by atoms with Gasteiger partial charge in [0.25, 0.3) is 5.91 Å². The van der Waals surface area contributed by atoms with Crippen LogP contribution in [-0.4, -0.2) is 47.2 Å². The van der Waals surface area contributed by atoms with Crippen LogP contribution in [0.4, 0.5) is 0 Å². The SMILES string of the molecule is CSC[C@@H](NC(=O)COc1cc2c(c3oc(=O)c4c(c13)CCCC4)CCC(C)(C)O2)C(=O)O. The zero-order chi connectivity index (χ0) is 23.8. The number of ether oxygens (including phenoxy) is 2. The molecule has 0 spiro atoms. The Morgan fingerprint density at radius 1 is 1.21 bits per heavy atom. The highest BCUT2D eigenvalue weighted by atomic mass is 32.2. The number of carboxylic acid groups (broad SMARTS) is 1. The molecule has 0 bridgehead atoms. The van der Waals surface area contributed by atoms with Gasteiger partial charge in [0.05, 0.1) is 5.39 Å². The number of carbonyl (C=O) groups is 2. The first-order valence-electron chi connectivity index (χ1n) is 11.2. The van der Waals surface area contributed by atoms with E-state index in [4.69, 9.17) is 13.9 Å². The maximum absolute atomic E-state index is 12.7. The van der Waals surface area contributed by atoms with Crippen molar-refractivity contribution in [2.45, 2.75) is 64.0 Å². The molecule has 1 aromatic heterocycles. The van der Waals surface area contributed by atoms with E-state index >= 15 is 0 Å². The summed E-state index contributed by atoms with van der Waals surface area (Å²) in [5, 5.41) is 12.5. The van der Waals surface area contributed by atoms with Crippen molar-refractivity contribution in [3.05, 3.63) is 33.2 Å². The first-order valence-corrected chi connectivity index (χ1v) is 12.6. The van der Waals surface area contributed by atoms with Crippen molar-refractivity contribution in [1.82, 2.24) is 5.32 Å². The minimum atomic E-state index is -1.09. The summed E-state index contributed by atoms with van der Waals surface area (Å²) < 4.78 is 17.9. The van der Waals surface area contributed by atoms with Crippen LogP contribution in [0.3, 0.4) is 0 Å². The molecule has 4 rings (SSSR count). The van der Waals surface area contributed by atoms with Crippen molar-refractivity contribution in [1.29, 1.82) is 0 Å². The van der Waals surface area contributed by atoms with Gasteiger partial charge < -0.3 is 24.3 Å². The molecular formula is C24H29NO7S. The molecule has 9 heteroatoms. The Hall–Kier alpha value is -2.68. The van der Waals surface area contributed by atoms with Gasteiger partial charge in [0.15, 0.2) is 6.61 Å². The number of fused-ring (bicyclic) bond motifs is 5. The highest BCUT2D eigenvalue weighted by Crippen LogP contribution is 2.44. The Balaban J connectivity index is 1.73. The van der Waals surface area contributed by atoms with Crippen LogP contribution >= 0.6 is 11.8 Å². The Morgan fingerprint density at radius 2 is 1.94 bits per heavy atom. The van der Waals surface area contributed by atoms with Crippen LogP contribution in [0.2, 0.25) is 0 Å². The molecule has 0 radical (unpaired) electrons. The molecule has 2 aromatic rings. The van der Waals surface area contributed by atoms with Gasteiger partial charge in [-0.25, -0.2) is 9.59 Å². The second kappa shape index (κ2) is 9.29. The van der Waals surface area contributed by atoms with E-state index in [2.05, 4.69) is 5.32 Å². The maximum Gasteiger partial charge on any atom is 0.339 e. The molecule has 0 fully saturated rings. The lowest BCUT2D eigenvalue weighted by atomic mass is 9.87. The summed E-state index contributed by atoms with van der Waals surface area (Å²) >= 11 is 1.33. The van der Waals surface area contributed by atoms with Gasteiger partial charge in [0.2, 0.25) is 0 Å². The van der Waals surface area contributed by atoms with Crippen LogP contribution in [0.25, 0.3) is 11.0 Å². The summed E-state index contributed by atoms with van der Waals surface area (Å²) in [5.74, 6) is -0.378. The molecule has 0 saturated heterocycles. The second-order valence-corrected chi connectivity index (χ2v) is 10.1. The lowest BCUT2D eigenvalue weighted by Crippen LogP contribution is -2.44. The predicted octanol–water partition coefficient (Wildman–Crippen LogP) is 3.09. The number of hydrogen-bond donors (Lipinski definition) is 2. The molecule has 0 saturated carbocycles. The number of rotatable bonds is 7. The minimum absolute atomic E-state index is 0.254. The third-order valence-electron chi connectivity index (χ3n) is 6.21. The normalized spacial score (nSPS) is 17.4. The Morgan fingerprint density at radius 3 is 2.64 bits per heavy atom. The molecule has 1 aliphatic heterocycles. The number of carbonyl (C=O) groups excluding carboxylic acids is 1. The number of hydrogen-bond acceptors (Lipinski definition) is 7. The summed E-state index contributed by atoms with van der Waals surface area (Å²) in [5.41, 5.74) is 2.20. The Labute approximate surface area is 196 Å². The van der Waals surface area contributed by atoms with Crippen molar-refractivity contribution < 1.29 is 28.6 Å². The van der Waals surface area contributed by atoms with E-state index < -0.39 is 17.9 Å². The van der Waals surface area contributed by atoms with Crippen LogP contribution in [0.5, 0.6) is 11.5 Å². The number of amides is 1. The van der Waals surface area contributed by atoms with Crippen LogP contribution in [0.1, 0.15) is 49.8 Å². The van der Waals surface area contributed by atoms with Crippen molar-refractivity contribution in [2.24, 2.45) is 0 Å². The zero-order valence-corrected chi connectivity index (χ0v) is 19.9. The first-order chi connectivity index (χ1) is 15.7. The number of aliphatic carboxylic acids is 1. The lowest BCUT2D eigenvalue weighted by molar-refractivity contribution is -0.141. The number of aryl methyl sites for hydroxylation is 2. The standard InChI is InChI=1S/C24H29NO7S/c1-24(2)9-8-15-17(32-24)10-18(30-11-19(26)25-16(12-33-3)22(27)28)20-13-6-4-5-7-14(13)23(29)31-21(15)20/h10,16H,4-9,11-12H2,1-3H3,(H,25,26)(H,27,28)/t16-/m1/s1. The van der Waals surface area contributed by atoms with Gasteiger partial charge in [-0.05, 0) is 64.2 Å². The van der Waals surface area contributed by atoms with Crippen LogP contribution in [0.15, 0.2) is 15.3 Å². The van der Waals surface area contributed by atoms with Gasteiger partial charge in [0, 0.05) is 22.9 Å². The Bertz CT molecular complexity index is 1150. The average Bonchev–Trinajstić information content (AvgIpc) is 2.76. The molecule has 1 aromatic carbocycles. The monoisotopic (exact) mass is 475 g/mol. The van der Waals surface area contributed by atoms with Gasteiger partial charge >= 0.3 is 11.6 Å². The van der Waals surface area contributed by atoms with Crippen molar-refractivity contribution >= 4 is 34.6 Å². The van der Waals surface area contributed by atoms with Gasteiger partial charge in [0.1, 0.15) is 28.7 Å². The van der Waals surface area contributed by atoms with E-state index in [0.717, 1.165) is 42.2 Å². The van der Waals surface area contributed by atoms with Crippen molar-refractivity contribution in [3.63, 3.8) is 0 Å². The van der Waals surface area contributed by atoms with Gasteiger partial charge in [-0.1, -0.05) is 0 Å². The van der Waals surface area contributed by atoms with E-state index in [1.807, 2.05) is 13.8 Å². The van der Waals surface area contributed by atoms with Gasteiger partial charge in [-0.15, -0.1) is 0 Å². The lowest BCUT2D eigenvalue weighted by Gasteiger charge is -2.33. The highest BCUT2D eigenvalue weighted by Gasteiger charge is 2.32. The fourth-order valence-electron chi connectivity index (χ4n) is 4.55. The molecule has 33 heavy (non-hydrogen) atoms. The topological polar surface area (TPSA) is 115 Å². The molecule has 1 amide bonds. The van der Waals surface area contributed by atoms with E-state index in [1.54, 1.807) is 12.3 Å². The summed E-state index contributed by atoms with van der Waals surface area (Å²) in [7, 11) is 0. The van der Waals surface area contributed by atoms with Crippen LogP contribution in [0, 0.1) is 0 Å². The number of thioether (sulfide) groups is 1. The molecule has 2 N–H and O–H groups in total.